The third-order valence-electron chi connectivity index (χ3n) is 4.06. The van der Waals surface area contributed by atoms with Crippen LogP contribution in [0.5, 0.6) is 0 Å². The molecule has 1 heterocycles. The Hall–Kier alpha value is -1.97. The highest BCUT2D eigenvalue weighted by atomic mass is 32.2. The first-order chi connectivity index (χ1) is 11.7. The lowest BCUT2D eigenvalue weighted by Crippen LogP contribution is -2.54. The van der Waals surface area contributed by atoms with E-state index in [1.165, 1.54) is 38.2 Å². The highest BCUT2D eigenvalue weighted by molar-refractivity contribution is 7.89. The van der Waals surface area contributed by atoms with Crippen molar-refractivity contribution in [1.82, 2.24) is 14.5 Å². The second kappa shape index (κ2) is 7.94. The summed E-state index contributed by atoms with van der Waals surface area (Å²) in [5.74, 6) is -0.446. The predicted octanol–water partition coefficient (Wildman–Crippen LogP) is 0.0858. The van der Waals surface area contributed by atoms with Crippen LogP contribution in [0.4, 0.5) is 5.69 Å². The largest absolute Gasteiger partial charge is 0.336 e. The normalized spacial score (nSPS) is 18.2. The van der Waals surface area contributed by atoms with Crippen molar-refractivity contribution in [3.8, 4) is 0 Å². The molecule has 25 heavy (non-hydrogen) atoms. The summed E-state index contributed by atoms with van der Waals surface area (Å²) in [7, 11) is -2.39. The van der Waals surface area contributed by atoms with E-state index < -0.39 is 10.0 Å². The van der Waals surface area contributed by atoms with Gasteiger partial charge in [-0.1, -0.05) is 0 Å². The second-order valence-electron chi connectivity index (χ2n) is 6.11. The van der Waals surface area contributed by atoms with Crippen molar-refractivity contribution in [2.75, 3.05) is 38.5 Å². The number of nitrogens with one attached hydrogen (secondary N) is 2. The first-order valence-electron chi connectivity index (χ1n) is 8.06. The number of sulfonamides is 1. The van der Waals surface area contributed by atoms with Gasteiger partial charge in [-0.15, -0.1) is 0 Å². The Bertz CT molecular complexity index is 733. The van der Waals surface area contributed by atoms with Gasteiger partial charge in [0.25, 0.3) is 0 Å². The first kappa shape index (κ1) is 19.4. The van der Waals surface area contributed by atoms with Crippen LogP contribution in [0.1, 0.15) is 13.8 Å². The van der Waals surface area contributed by atoms with Crippen LogP contribution in [0.3, 0.4) is 0 Å². The third-order valence-corrected chi connectivity index (χ3v) is 5.88. The Morgan fingerprint density at radius 1 is 1.32 bits per heavy atom. The van der Waals surface area contributed by atoms with Gasteiger partial charge in [-0.05, 0) is 31.2 Å². The minimum Gasteiger partial charge on any atom is -0.336 e. The lowest BCUT2D eigenvalue weighted by molar-refractivity contribution is -0.134. The van der Waals surface area contributed by atoms with Crippen molar-refractivity contribution in [1.29, 1.82) is 0 Å². The Kier molecular flexibility index (Phi) is 6.15. The quantitative estimate of drug-likeness (QED) is 0.767. The minimum absolute atomic E-state index is 0.0364. The van der Waals surface area contributed by atoms with Crippen LogP contribution in [0.25, 0.3) is 0 Å². The molecule has 2 rings (SSSR count). The average molecular weight is 368 g/mol. The minimum atomic E-state index is -3.78. The predicted molar refractivity (Wildman–Crippen MR) is 94.6 cm³/mol. The Labute approximate surface area is 148 Å². The molecule has 0 radical (unpaired) electrons. The molecule has 8 nitrogen and oxygen atoms in total. The number of carbonyl (C=O) groups is 2. The highest BCUT2D eigenvalue weighted by Crippen LogP contribution is 2.18. The van der Waals surface area contributed by atoms with Gasteiger partial charge in [0, 0.05) is 45.3 Å². The van der Waals surface area contributed by atoms with E-state index in [9.17, 15) is 18.0 Å². The molecule has 1 aliphatic rings. The molecule has 0 aromatic heterocycles. The second-order valence-corrected chi connectivity index (χ2v) is 8.15. The molecule has 138 valence electrons. The van der Waals surface area contributed by atoms with Crippen molar-refractivity contribution < 1.29 is 18.0 Å². The van der Waals surface area contributed by atoms with Crippen LogP contribution >= 0.6 is 0 Å². The molecule has 2 amide bonds. The molecule has 1 saturated heterocycles. The molecule has 1 aliphatic heterocycles. The zero-order valence-corrected chi connectivity index (χ0v) is 15.5. The van der Waals surface area contributed by atoms with Crippen molar-refractivity contribution >= 4 is 27.5 Å². The van der Waals surface area contributed by atoms with Gasteiger partial charge < -0.3 is 15.5 Å². The molecule has 0 bridgehead atoms. The molecule has 0 saturated carbocycles. The number of hydrogen-bond acceptors (Lipinski definition) is 5. The molecule has 9 heteroatoms. The van der Waals surface area contributed by atoms with E-state index in [4.69, 9.17) is 0 Å². The fourth-order valence-corrected chi connectivity index (χ4v) is 3.79. The van der Waals surface area contributed by atoms with E-state index in [2.05, 4.69) is 10.6 Å². The molecule has 1 aromatic rings. The first-order valence-corrected chi connectivity index (χ1v) is 9.50. The number of nitrogens with zero attached hydrogens (tertiary/aromatic N) is 2. The van der Waals surface area contributed by atoms with E-state index >= 15 is 0 Å². The van der Waals surface area contributed by atoms with Crippen molar-refractivity contribution in [2.45, 2.75) is 24.8 Å². The molecule has 1 atom stereocenters. The number of amides is 2. The Morgan fingerprint density at radius 2 is 1.96 bits per heavy atom. The third kappa shape index (κ3) is 4.77. The summed E-state index contributed by atoms with van der Waals surface area (Å²) < 4.78 is 26.3. The number of benzene rings is 1. The lowest BCUT2D eigenvalue weighted by Gasteiger charge is -2.34. The fraction of sp³-hybridized carbons (Fsp3) is 0.500. The lowest BCUT2D eigenvalue weighted by atomic mass is 10.2. The van der Waals surface area contributed by atoms with E-state index in [1.807, 2.05) is 6.92 Å². The molecular formula is C16H24N4O4S. The number of carbonyl (C=O) groups excluding carboxylic acids is 2. The zero-order valence-electron chi connectivity index (χ0n) is 14.7. The summed E-state index contributed by atoms with van der Waals surface area (Å²) in [6, 6.07) is 5.89. The number of rotatable bonds is 5. The van der Waals surface area contributed by atoms with Gasteiger partial charge in [-0.2, -0.15) is 4.31 Å². The maximum atomic E-state index is 12.6. The maximum absolute atomic E-state index is 12.6. The molecular weight excluding hydrogens is 344 g/mol. The molecule has 0 spiro atoms. The molecule has 0 unspecified atom stereocenters. The van der Waals surface area contributed by atoms with Crippen LogP contribution < -0.4 is 10.6 Å². The van der Waals surface area contributed by atoms with Gasteiger partial charge in [0.15, 0.2) is 0 Å². The topological polar surface area (TPSA) is 98.8 Å². The van der Waals surface area contributed by atoms with Gasteiger partial charge >= 0.3 is 0 Å². The molecule has 0 aliphatic carbocycles. The summed E-state index contributed by atoms with van der Waals surface area (Å²) in [5, 5.41) is 5.77. The van der Waals surface area contributed by atoms with Crippen LogP contribution in [-0.4, -0.2) is 68.7 Å². The number of anilines is 1. The SMILES string of the molecule is CC(=O)Nc1ccc(S(=O)(=O)N(C)CC(=O)N2CCNC[C@H]2C)cc1. The van der Waals surface area contributed by atoms with E-state index in [0.717, 1.165) is 4.31 Å². The van der Waals surface area contributed by atoms with Crippen molar-refractivity contribution in [3.05, 3.63) is 24.3 Å². The zero-order chi connectivity index (χ0) is 18.6. The number of likely N-dealkylation sites (N-methyl/N-ethyl adjacent to an activating group) is 1. The van der Waals surface area contributed by atoms with Gasteiger partial charge in [-0.3, -0.25) is 9.59 Å². The van der Waals surface area contributed by atoms with Crippen LogP contribution in [0.15, 0.2) is 29.2 Å². The summed E-state index contributed by atoms with van der Waals surface area (Å²) in [4.78, 5) is 25.2. The molecule has 1 fully saturated rings. The van der Waals surface area contributed by atoms with Gasteiger partial charge in [0.1, 0.15) is 0 Å². The fourth-order valence-electron chi connectivity index (χ4n) is 2.67. The number of hydrogen-bond donors (Lipinski definition) is 2. The van der Waals surface area contributed by atoms with Crippen LogP contribution in [0, 0.1) is 0 Å². The summed E-state index contributed by atoms with van der Waals surface area (Å²) in [5.41, 5.74) is 0.514. The van der Waals surface area contributed by atoms with Crippen molar-refractivity contribution in [2.24, 2.45) is 0 Å². The standard InChI is InChI=1S/C16H24N4O4S/c1-12-10-17-8-9-20(12)16(22)11-19(3)25(23,24)15-6-4-14(5-7-15)18-13(2)21/h4-7,12,17H,8-11H2,1-3H3,(H,18,21)/t12-/m1/s1. The molecule has 2 N–H and O–H groups in total. The van der Waals surface area contributed by atoms with Crippen LogP contribution in [0.2, 0.25) is 0 Å². The summed E-state index contributed by atoms with van der Waals surface area (Å²) in [6.45, 7) is 5.07. The summed E-state index contributed by atoms with van der Waals surface area (Å²) >= 11 is 0. The average Bonchev–Trinajstić information content (AvgIpc) is 2.55. The van der Waals surface area contributed by atoms with E-state index in [1.54, 1.807) is 4.90 Å². The van der Waals surface area contributed by atoms with Gasteiger partial charge in [-0.25, -0.2) is 8.42 Å². The van der Waals surface area contributed by atoms with E-state index in [0.29, 0.717) is 25.3 Å². The number of piperazine rings is 1. The van der Waals surface area contributed by atoms with Gasteiger partial charge in [0.05, 0.1) is 11.4 Å². The van der Waals surface area contributed by atoms with Crippen LogP contribution in [-0.2, 0) is 19.6 Å². The smallest absolute Gasteiger partial charge is 0.243 e. The summed E-state index contributed by atoms with van der Waals surface area (Å²) in [6.07, 6.45) is 0. The highest BCUT2D eigenvalue weighted by Gasteiger charge is 2.28. The monoisotopic (exact) mass is 368 g/mol. The van der Waals surface area contributed by atoms with Gasteiger partial charge in [0.2, 0.25) is 21.8 Å². The van der Waals surface area contributed by atoms with Crippen molar-refractivity contribution in [3.63, 3.8) is 0 Å². The van der Waals surface area contributed by atoms with E-state index in [-0.39, 0.29) is 29.3 Å². The molecule has 1 aromatic carbocycles. The maximum Gasteiger partial charge on any atom is 0.243 e. The Morgan fingerprint density at radius 3 is 2.52 bits per heavy atom. The Balaban J connectivity index is 2.07.